The Kier molecular flexibility index (Phi) is 3.97. The highest BCUT2D eigenvalue weighted by Crippen LogP contribution is 2.26. The Bertz CT molecular complexity index is 408. The molecule has 2 N–H and O–H groups in total. The molecule has 0 atom stereocenters. The summed E-state index contributed by atoms with van der Waals surface area (Å²) in [5.41, 5.74) is 6.79. The van der Waals surface area contributed by atoms with E-state index >= 15 is 0 Å². The molecule has 88 valence electrons. The minimum Gasteiger partial charge on any atom is -0.396 e. The Morgan fingerprint density at radius 1 is 1.38 bits per heavy atom. The van der Waals surface area contributed by atoms with Crippen LogP contribution in [0.2, 0.25) is 0 Å². The second-order valence-electron chi connectivity index (χ2n) is 4.59. The van der Waals surface area contributed by atoms with Crippen LogP contribution in [0.4, 0.5) is 10.1 Å². The molecule has 1 rings (SSSR count). The third kappa shape index (κ3) is 3.52. The normalized spacial score (nSPS) is 12.9. The number of nitrogen functional groups attached to an aromatic ring is 1. The summed E-state index contributed by atoms with van der Waals surface area (Å²) in [6.07, 6.45) is 0. The first-order valence-corrected chi connectivity index (χ1v) is 5.86. The van der Waals surface area contributed by atoms with Crippen LogP contribution in [0, 0.1) is 5.82 Å². The summed E-state index contributed by atoms with van der Waals surface area (Å²) in [7, 11) is 0. The highest BCUT2D eigenvalue weighted by Gasteiger charge is 2.12. The van der Waals surface area contributed by atoms with Crippen molar-refractivity contribution in [3.8, 4) is 0 Å². The van der Waals surface area contributed by atoms with E-state index in [9.17, 15) is 4.39 Å². The molecule has 1 aromatic carbocycles. The van der Waals surface area contributed by atoms with E-state index in [1.54, 1.807) is 25.1 Å². The molecule has 0 amide bonds. The second-order valence-corrected chi connectivity index (χ2v) is 6.18. The molecule has 0 unspecified atom stereocenters. The monoisotopic (exact) mass is 240 g/mol. The zero-order chi connectivity index (χ0) is 12.3. The zero-order valence-electron chi connectivity index (χ0n) is 10.0. The fourth-order valence-electron chi connectivity index (χ4n) is 1.08. The van der Waals surface area contributed by atoms with Gasteiger partial charge in [-0.05, 0) is 45.7 Å². The van der Waals surface area contributed by atoms with Gasteiger partial charge in [0.1, 0.15) is 0 Å². The lowest BCUT2D eigenvalue weighted by Gasteiger charge is -2.14. The molecule has 0 aromatic heterocycles. The molecule has 2 nitrogen and oxygen atoms in total. The van der Waals surface area contributed by atoms with Crippen LogP contribution >= 0.6 is 11.9 Å². The average molecular weight is 240 g/mol. The number of anilines is 1. The van der Waals surface area contributed by atoms with Crippen LogP contribution in [0.3, 0.4) is 0 Å². The third-order valence-electron chi connectivity index (χ3n) is 1.87. The quantitative estimate of drug-likeness (QED) is 0.486. The number of hydrogen-bond acceptors (Lipinski definition) is 3. The molecule has 4 heteroatoms. The lowest BCUT2D eigenvalue weighted by molar-refractivity contribution is 0.630. The minimum absolute atomic E-state index is 0.0259. The Morgan fingerprint density at radius 2 is 2.00 bits per heavy atom. The van der Waals surface area contributed by atoms with E-state index in [4.69, 9.17) is 5.73 Å². The number of halogens is 1. The topological polar surface area (TPSA) is 38.4 Å². The Balaban J connectivity index is 2.97. The van der Waals surface area contributed by atoms with Crippen LogP contribution in [-0.2, 0) is 0 Å². The van der Waals surface area contributed by atoms with E-state index in [0.29, 0.717) is 11.3 Å². The van der Waals surface area contributed by atoms with Gasteiger partial charge in [-0.15, -0.1) is 0 Å². The van der Waals surface area contributed by atoms with Gasteiger partial charge in [0.05, 0.1) is 11.4 Å². The molecule has 0 saturated carbocycles. The SMILES string of the molecule is CC(=NSC(C)(C)C)c1cccc(N)c1F. The van der Waals surface area contributed by atoms with Crippen LogP contribution in [0.5, 0.6) is 0 Å². The lowest BCUT2D eigenvalue weighted by Crippen LogP contribution is -2.07. The molecular weight excluding hydrogens is 223 g/mol. The van der Waals surface area contributed by atoms with Crippen molar-refractivity contribution in [2.24, 2.45) is 4.40 Å². The maximum absolute atomic E-state index is 13.7. The first-order valence-electron chi connectivity index (χ1n) is 5.08. The van der Waals surface area contributed by atoms with Gasteiger partial charge in [-0.2, -0.15) is 0 Å². The van der Waals surface area contributed by atoms with Crippen molar-refractivity contribution in [2.45, 2.75) is 32.4 Å². The summed E-state index contributed by atoms with van der Waals surface area (Å²) in [5, 5.41) is 0. The largest absolute Gasteiger partial charge is 0.396 e. The Morgan fingerprint density at radius 3 is 2.56 bits per heavy atom. The van der Waals surface area contributed by atoms with Crippen molar-refractivity contribution >= 4 is 23.3 Å². The van der Waals surface area contributed by atoms with Gasteiger partial charge >= 0.3 is 0 Å². The van der Waals surface area contributed by atoms with E-state index in [1.165, 1.54) is 11.9 Å². The van der Waals surface area contributed by atoms with Crippen molar-refractivity contribution in [3.63, 3.8) is 0 Å². The fourth-order valence-corrected chi connectivity index (χ4v) is 1.59. The lowest BCUT2D eigenvalue weighted by atomic mass is 10.1. The molecule has 0 saturated heterocycles. The number of benzene rings is 1. The van der Waals surface area contributed by atoms with Crippen molar-refractivity contribution in [1.82, 2.24) is 0 Å². The molecule has 0 fully saturated rings. The molecule has 16 heavy (non-hydrogen) atoms. The summed E-state index contributed by atoms with van der Waals surface area (Å²) in [6.45, 7) is 7.97. The van der Waals surface area contributed by atoms with Gasteiger partial charge in [0, 0.05) is 10.3 Å². The highest BCUT2D eigenvalue weighted by molar-refractivity contribution is 7.99. The maximum Gasteiger partial charge on any atom is 0.155 e. The molecule has 1 aromatic rings. The Hall–Kier alpha value is -1.03. The standard InChI is InChI=1S/C12H17FN2S/c1-8(15-16-12(2,3)4)9-6-5-7-10(14)11(9)13/h5-7H,14H2,1-4H3. The molecule has 0 aliphatic carbocycles. The maximum atomic E-state index is 13.7. The summed E-state index contributed by atoms with van der Waals surface area (Å²) in [4.78, 5) is 0. The number of hydrogen-bond donors (Lipinski definition) is 1. The molecule has 0 spiro atoms. The third-order valence-corrected chi connectivity index (χ3v) is 2.79. The van der Waals surface area contributed by atoms with E-state index in [0.717, 1.165) is 0 Å². The highest BCUT2D eigenvalue weighted by atomic mass is 32.2. The molecule has 0 aliphatic rings. The van der Waals surface area contributed by atoms with Crippen LogP contribution in [0.15, 0.2) is 22.6 Å². The summed E-state index contributed by atoms with van der Waals surface area (Å²) in [6, 6.07) is 4.96. The van der Waals surface area contributed by atoms with Crippen LogP contribution < -0.4 is 5.73 Å². The number of nitrogens with two attached hydrogens (primary N) is 1. The van der Waals surface area contributed by atoms with Crippen molar-refractivity contribution in [1.29, 1.82) is 0 Å². The van der Waals surface area contributed by atoms with E-state index in [2.05, 4.69) is 25.2 Å². The zero-order valence-corrected chi connectivity index (χ0v) is 10.9. The second kappa shape index (κ2) is 4.87. The predicted molar refractivity (Wildman–Crippen MR) is 70.4 cm³/mol. The van der Waals surface area contributed by atoms with Gasteiger partial charge in [-0.1, -0.05) is 12.1 Å². The van der Waals surface area contributed by atoms with Crippen molar-refractivity contribution < 1.29 is 4.39 Å². The summed E-state index contributed by atoms with van der Waals surface area (Å²) >= 11 is 1.43. The van der Waals surface area contributed by atoms with Crippen LogP contribution in [-0.4, -0.2) is 10.5 Å². The Labute approximate surface area is 100 Å². The first-order chi connectivity index (χ1) is 7.31. The smallest absolute Gasteiger partial charge is 0.155 e. The van der Waals surface area contributed by atoms with E-state index in [-0.39, 0.29) is 10.4 Å². The average Bonchev–Trinajstić information content (AvgIpc) is 2.17. The number of rotatable bonds is 2. The van der Waals surface area contributed by atoms with Gasteiger partial charge in [-0.3, -0.25) is 0 Å². The van der Waals surface area contributed by atoms with E-state index in [1.807, 2.05) is 0 Å². The molecular formula is C12H17FN2S. The molecule has 0 aliphatic heterocycles. The molecule has 0 bridgehead atoms. The predicted octanol–water partition coefficient (Wildman–Crippen LogP) is 3.66. The van der Waals surface area contributed by atoms with Gasteiger partial charge in [-0.25, -0.2) is 8.79 Å². The fraction of sp³-hybridized carbons (Fsp3) is 0.417. The van der Waals surface area contributed by atoms with Crippen molar-refractivity contribution in [2.75, 3.05) is 5.73 Å². The van der Waals surface area contributed by atoms with Crippen LogP contribution in [0.25, 0.3) is 0 Å². The molecule has 0 radical (unpaired) electrons. The first kappa shape index (κ1) is 13.0. The van der Waals surface area contributed by atoms with Gasteiger partial charge < -0.3 is 5.73 Å². The minimum atomic E-state index is -0.391. The summed E-state index contributed by atoms with van der Waals surface area (Å²) in [5.74, 6) is -0.391. The summed E-state index contributed by atoms with van der Waals surface area (Å²) < 4.78 is 18.0. The van der Waals surface area contributed by atoms with Gasteiger partial charge in [0.25, 0.3) is 0 Å². The van der Waals surface area contributed by atoms with Gasteiger partial charge in [0.2, 0.25) is 0 Å². The number of nitrogens with zero attached hydrogens (tertiary/aromatic N) is 1. The molecule has 0 heterocycles. The van der Waals surface area contributed by atoms with Gasteiger partial charge in [0.15, 0.2) is 5.82 Å². The van der Waals surface area contributed by atoms with Crippen LogP contribution in [0.1, 0.15) is 33.3 Å². The van der Waals surface area contributed by atoms with E-state index < -0.39 is 5.82 Å². The van der Waals surface area contributed by atoms with Crippen molar-refractivity contribution in [3.05, 3.63) is 29.6 Å².